The molecule has 1 atom stereocenters. The van der Waals surface area contributed by atoms with Gasteiger partial charge in [-0.05, 0) is 23.8 Å². The van der Waals surface area contributed by atoms with E-state index in [0.717, 1.165) is 22.3 Å². The first-order chi connectivity index (χ1) is 12.2. The summed E-state index contributed by atoms with van der Waals surface area (Å²) >= 11 is 0. The minimum atomic E-state index is -0.132. The van der Waals surface area contributed by atoms with Crippen molar-refractivity contribution in [3.63, 3.8) is 0 Å². The van der Waals surface area contributed by atoms with Crippen LogP contribution < -0.4 is 14.9 Å². The van der Waals surface area contributed by atoms with Crippen LogP contribution in [0.25, 0.3) is 16.3 Å². The Morgan fingerprint density at radius 3 is 2.84 bits per heavy atom. The van der Waals surface area contributed by atoms with E-state index >= 15 is 0 Å². The molecule has 3 aromatic rings. The third kappa shape index (κ3) is 2.50. The van der Waals surface area contributed by atoms with E-state index in [0.29, 0.717) is 18.1 Å². The number of rotatable bonds is 3. The Bertz CT molecular complexity index is 1030. The third-order valence-corrected chi connectivity index (χ3v) is 4.63. The Morgan fingerprint density at radius 1 is 1.16 bits per heavy atom. The molecule has 1 aliphatic heterocycles. The number of hydrogen-bond acceptors (Lipinski definition) is 3. The van der Waals surface area contributed by atoms with E-state index in [-0.39, 0.29) is 11.3 Å². The van der Waals surface area contributed by atoms with Crippen LogP contribution in [0.5, 0.6) is 11.5 Å². The van der Waals surface area contributed by atoms with Crippen molar-refractivity contribution in [2.75, 3.05) is 6.61 Å². The number of allylic oxidation sites excluding steroid dienone is 1. The Balaban J connectivity index is 1.89. The lowest BCUT2D eigenvalue weighted by atomic mass is 9.85. The van der Waals surface area contributed by atoms with Gasteiger partial charge in [0.15, 0.2) is 5.75 Å². The quantitative estimate of drug-likeness (QED) is 0.770. The molecule has 25 heavy (non-hydrogen) atoms. The highest BCUT2D eigenvalue weighted by atomic mass is 16.5. The summed E-state index contributed by atoms with van der Waals surface area (Å²) in [5.41, 5.74) is 2.58. The second-order valence-electron chi connectivity index (χ2n) is 6.09. The minimum Gasteiger partial charge on any atom is -0.488 e. The van der Waals surface area contributed by atoms with Crippen molar-refractivity contribution in [3.8, 4) is 11.5 Å². The molecule has 0 bridgehead atoms. The highest BCUT2D eigenvalue weighted by Crippen LogP contribution is 2.44. The molecule has 126 valence electrons. The first kappa shape index (κ1) is 15.5. The monoisotopic (exact) mass is 333 g/mol. The number of aromatic amines is 1. The van der Waals surface area contributed by atoms with Crippen LogP contribution in [0.3, 0.4) is 0 Å². The lowest BCUT2D eigenvalue weighted by Crippen LogP contribution is -2.15. The number of pyridine rings is 1. The van der Waals surface area contributed by atoms with Crippen LogP contribution in [0.15, 0.2) is 59.7 Å². The maximum Gasteiger partial charge on any atom is 0.224 e. The van der Waals surface area contributed by atoms with Crippen LogP contribution in [-0.2, 0) is 0 Å². The lowest BCUT2D eigenvalue weighted by molar-refractivity contribution is 0.334. The maximum absolute atomic E-state index is 12.2. The van der Waals surface area contributed by atoms with Gasteiger partial charge in [0.2, 0.25) is 5.43 Å². The Morgan fingerprint density at radius 2 is 2.00 bits per heavy atom. The number of nitrogens with one attached hydrogen (secondary N) is 1. The molecule has 4 nitrogen and oxygen atoms in total. The fourth-order valence-electron chi connectivity index (χ4n) is 3.45. The van der Waals surface area contributed by atoms with Gasteiger partial charge in [0.05, 0.1) is 18.6 Å². The van der Waals surface area contributed by atoms with E-state index in [4.69, 9.17) is 9.47 Å². The topological polar surface area (TPSA) is 51.3 Å². The number of hydrogen-bond donors (Lipinski definition) is 1. The van der Waals surface area contributed by atoms with Gasteiger partial charge in [-0.2, -0.15) is 0 Å². The van der Waals surface area contributed by atoms with Crippen molar-refractivity contribution in [2.45, 2.75) is 19.8 Å². The molecule has 0 radical (unpaired) electrons. The van der Waals surface area contributed by atoms with Crippen LogP contribution in [0.1, 0.15) is 31.0 Å². The zero-order valence-electron chi connectivity index (χ0n) is 14.2. The highest BCUT2D eigenvalue weighted by molar-refractivity contribution is 5.91. The number of benzene rings is 2. The van der Waals surface area contributed by atoms with Crippen LogP contribution in [0.4, 0.5) is 0 Å². The summed E-state index contributed by atoms with van der Waals surface area (Å²) in [4.78, 5) is 15.4. The Labute approximate surface area is 145 Å². The standard InChI is InChI=1S/C21H19NO3/c1-3-24-21-17(23)10-11-22-20(21)16-12-25-18-9-8-14-6-4-5-7-15(14)19(18)13(16)2/h4-13H,3H2,1-2H3,(H,22,23). The van der Waals surface area contributed by atoms with E-state index in [9.17, 15) is 4.79 Å². The molecule has 1 aliphatic rings. The number of fused-ring (bicyclic) bond motifs is 3. The molecule has 0 saturated heterocycles. The Hall–Kier alpha value is -3.01. The molecule has 0 amide bonds. The lowest BCUT2D eigenvalue weighted by Gasteiger charge is -2.26. The molecular formula is C21H19NO3. The summed E-state index contributed by atoms with van der Waals surface area (Å²) in [6, 6.07) is 13.8. The van der Waals surface area contributed by atoms with Gasteiger partial charge in [-0.25, -0.2) is 0 Å². The van der Waals surface area contributed by atoms with Crippen LogP contribution in [-0.4, -0.2) is 11.6 Å². The molecule has 2 aromatic carbocycles. The smallest absolute Gasteiger partial charge is 0.224 e. The average molecular weight is 333 g/mol. The minimum absolute atomic E-state index is 0.0621. The SMILES string of the molecule is CCOc1c(C2=COc3ccc4ccccc4c3C2C)[nH]ccc1=O. The first-order valence-electron chi connectivity index (χ1n) is 8.44. The molecular weight excluding hydrogens is 314 g/mol. The van der Waals surface area contributed by atoms with E-state index in [1.807, 2.05) is 25.1 Å². The first-order valence-corrected chi connectivity index (χ1v) is 8.44. The number of aromatic nitrogens is 1. The predicted octanol–water partition coefficient (Wildman–Crippen LogP) is 4.46. The molecule has 4 rings (SSSR count). The van der Waals surface area contributed by atoms with Gasteiger partial charge < -0.3 is 14.5 Å². The van der Waals surface area contributed by atoms with Gasteiger partial charge in [0, 0.05) is 29.3 Å². The van der Waals surface area contributed by atoms with Gasteiger partial charge in [-0.15, -0.1) is 0 Å². The van der Waals surface area contributed by atoms with Gasteiger partial charge in [-0.3, -0.25) is 4.79 Å². The number of ether oxygens (including phenoxy) is 2. The van der Waals surface area contributed by atoms with Gasteiger partial charge in [0.1, 0.15) is 5.75 Å². The van der Waals surface area contributed by atoms with E-state index in [1.54, 1.807) is 12.5 Å². The summed E-state index contributed by atoms with van der Waals surface area (Å²) < 4.78 is 11.5. The highest BCUT2D eigenvalue weighted by Gasteiger charge is 2.27. The fraction of sp³-hybridized carbons (Fsp3) is 0.190. The largest absolute Gasteiger partial charge is 0.488 e. The van der Waals surface area contributed by atoms with E-state index < -0.39 is 0 Å². The van der Waals surface area contributed by atoms with Crippen molar-refractivity contribution in [2.24, 2.45) is 0 Å². The van der Waals surface area contributed by atoms with Crippen molar-refractivity contribution >= 4 is 16.3 Å². The fourth-order valence-corrected chi connectivity index (χ4v) is 3.45. The molecule has 0 aliphatic carbocycles. The molecule has 1 aromatic heterocycles. The molecule has 2 heterocycles. The summed E-state index contributed by atoms with van der Waals surface area (Å²) in [7, 11) is 0. The van der Waals surface area contributed by atoms with Gasteiger partial charge >= 0.3 is 0 Å². The molecule has 1 unspecified atom stereocenters. The Kier molecular flexibility index (Phi) is 3.80. The number of H-pyrrole nitrogens is 1. The van der Waals surface area contributed by atoms with Crippen molar-refractivity contribution in [1.82, 2.24) is 4.98 Å². The molecule has 1 N–H and O–H groups in total. The summed E-state index contributed by atoms with van der Waals surface area (Å²) in [5, 5.41) is 2.33. The predicted molar refractivity (Wildman–Crippen MR) is 99.2 cm³/mol. The van der Waals surface area contributed by atoms with Crippen LogP contribution >= 0.6 is 0 Å². The summed E-state index contributed by atoms with van der Waals surface area (Å²) in [6.07, 6.45) is 3.36. The molecule has 0 fully saturated rings. The van der Waals surface area contributed by atoms with Crippen molar-refractivity contribution in [1.29, 1.82) is 0 Å². The van der Waals surface area contributed by atoms with Crippen LogP contribution in [0, 0.1) is 0 Å². The van der Waals surface area contributed by atoms with E-state index in [1.165, 1.54) is 11.5 Å². The zero-order chi connectivity index (χ0) is 17.4. The summed E-state index contributed by atoms with van der Waals surface area (Å²) in [5.74, 6) is 1.26. The maximum atomic E-state index is 12.2. The zero-order valence-corrected chi connectivity index (χ0v) is 14.2. The molecule has 0 spiro atoms. The summed E-state index contributed by atoms with van der Waals surface area (Å²) in [6.45, 7) is 4.43. The van der Waals surface area contributed by atoms with Crippen LogP contribution in [0.2, 0.25) is 0 Å². The second kappa shape index (κ2) is 6.13. The average Bonchev–Trinajstić information content (AvgIpc) is 2.64. The third-order valence-electron chi connectivity index (χ3n) is 4.63. The normalized spacial score (nSPS) is 16.1. The van der Waals surface area contributed by atoms with E-state index in [2.05, 4.69) is 30.1 Å². The van der Waals surface area contributed by atoms with Crippen molar-refractivity contribution < 1.29 is 9.47 Å². The van der Waals surface area contributed by atoms with Gasteiger partial charge in [-0.1, -0.05) is 37.3 Å². The second-order valence-corrected chi connectivity index (χ2v) is 6.09. The van der Waals surface area contributed by atoms with Crippen molar-refractivity contribution in [3.05, 3.63) is 76.4 Å². The molecule has 4 heteroatoms. The molecule has 0 saturated carbocycles. The van der Waals surface area contributed by atoms with Gasteiger partial charge in [0.25, 0.3) is 0 Å².